The van der Waals surface area contributed by atoms with E-state index in [2.05, 4.69) is 5.32 Å². The van der Waals surface area contributed by atoms with Gasteiger partial charge >= 0.3 is 5.97 Å². The number of anilines is 1. The molecule has 0 bridgehead atoms. The first kappa shape index (κ1) is 17.0. The van der Waals surface area contributed by atoms with Gasteiger partial charge in [-0.1, -0.05) is 23.7 Å². The molecule has 0 spiro atoms. The first-order valence-corrected chi connectivity index (χ1v) is 8.09. The predicted octanol–water partition coefficient (Wildman–Crippen LogP) is 4.03. The van der Waals surface area contributed by atoms with Gasteiger partial charge in [0.2, 0.25) is 5.91 Å². The number of hydrogen-bond donors (Lipinski definition) is 1. The Labute approximate surface area is 150 Å². The number of hydrogen-bond acceptors (Lipinski definition) is 3. The monoisotopic (exact) mass is 356 g/mol. The largest absolute Gasteiger partial charge is 0.465 e. The summed E-state index contributed by atoms with van der Waals surface area (Å²) in [6.45, 7) is 1.98. The van der Waals surface area contributed by atoms with E-state index in [-0.39, 0.29) is 12.5 Å². The van der Waals surface area contributed by atoms with Gasteiger partial charge in [-0.3, -0.25) is 4.79 Å². The van der Waals surface area contributed by atoms with Crippen LogP contribution in [0.25, 0.3) is 10.9 Å². The van der Waals surface area contributed by atoms with E-state index in [4.69, 9.17) is 16.3 Å². The van der Waals surface area contributed by atoms with Gasteiger partial charge < -0.3 is 14.6 Å². The Hall–Kier alpha value is -2.79. The molecule has 0 radical (unpaired) electrons. The van der Waals surface area contributed by atoms with Crippen molar-refractivity contribution in [3.05, 3.63) is 64.8 Å². The zero-order valence-electron chi connectivity index (χ0n) is 13.9. The second kappa shape index (κ2) is 6.99. The van der Waals surface area contributed by atoms with Crippen LogP contribution in [0.2, 0.25) is 5.02 Å². The quantitative estimate of drug-likeness (QED) is 0.718. The van der Waals surface area contributed by atoms with Crippen molar-refractivity contribution < 1.29 is 14.3 Å². The molecule has 6 heteroatoms. The molecule has 2 aromatic carbocycles. The average Bonchev–Trinajstić information content (AvgIpc) is 3.00. The van der Waals surface area contributed by atoms with Gasteiger partial charge in [-0.15, -0.1) is 0 Å². The number of ether oxygens (including phenoxy) is 1. The summed E-state index contributed by atoms with van der Waals surface area (Å²) in [5.41, 5.74) is 2.74. The van der Waals surface area contributed by atoms with Crippen molar-refractivity contribution in [3.63, 3.8) is 0 Å². The number of carbonyl (C=O) groups excluding carboxylic acids is 2. The lowest BCUT2D eigenvalue weighted by atomic mass is 10.1. The van der Waals surface area contributed by atoms with Crippen molar-refractivity contribution in [2.75, 3.05) is 12.4 Å². The Morgan fingerprint density at radius 2 is 2.00 bits per heavy atom. The molecule has 0 aliphatic heterocycles. The highest BCUT2D eigenvalue weighted by Gasteiger charge is 2.12. The van der Waals surface area contributed by atoms with E-state index >= 15 is 0 Å². The van der Waals surface area contributed by atoms with E-state index in [0.29, 0.717) is 16.3 Å². The maximum Gasteiger partial charge on any atom is 0.337 e. The molecule has 128 valence electrons. The molecule has 3 aromatic rings. The smallest absolute Gasteiger partial charge is 0.337 e. The van der Waals surface area contributed by atoms with Gasteiger partial charge in [-0.05, 0) is 48.2 Å². The number of nitrogens with one attached hydrogen (secondary N) is 1. The molecule has 0 aliphatic carbocycles. The fourth-order valence-corrected chi connectivity index (χ4v) is 2.83. The molecule has 1 amide bonds. The predicted molar refractivity (Wildman–Crippen MR) is 98.1 cm³/mol. The molecule has 0 unspecified atom stereocenters. The van der Waals surface area contributed by atoms with Crippen LogP contribution in [0.5, 0.6) is 0 Å². The maximum atomic E-state index is 12.4. The van der Waals surface area contributed by atoms with Crippen molar-refractivity contribution in [1.29, 1.82) is 0 Å². The molecule has 5 nitrogen and oxygen atoms in total. The zero-order chi connectivity index (χ0) is 18.0. The van der Waals surface area contributed by atoms with Crippen molar-refractivity contribution >= 4 is 40.1 Å². The van der Waals surface area contributed by atoms with E-state index in [0.717, 1.165) is 16.5 Å². The van der Waals surface area contributed by atoms with Gasteiger partial charge in [0, 0.05) is 22.4 Å². The Kier molecular flexibility index (Phi) is 4.76. The lowest BCUT2D eigenvalue weighted by molar-refractivity contribution is -0.116. The van der Waals surface area contributed by atoms with E-state index in [1.54, 1.807) is 28.8 Å². The number of aromatic nitrogens is 1. The Morgan fingerprint density at radius 3 is 2.76 bits per heavy atom. The highest BCUT2D eigenvalue weighted by atomic mass is 35.5. The van der Waals surface area contributed by atoms with Gasteiger partial charge in [0.25, 0.3) is 0 Å². The molecule has 1 N–H and O–H groups in total. The minimum atomic E-state index is -0.409. The third-order valence-electron chi connectivity index (χ3n) is 4.05. The van der Waals surface area contributed by atoms with Crippen LogP contribution in [0.3, 0.4) is 0 Å². The normalized spacial score (nSPS) is 10.7. The molecular weight excluding hydrogens is 340 g/mol. The number of fused-ring (bicyclic) bond motifs is 1. The summed E-state index contributed by atoms with van der Waals surface area (Å²) < 4.78 is 6.53. The van der Waals surface area contributed by atoms with Gasteiger partial charge in [-0.25, -0.2) is 4.79 Å². The molecule has 0 saturated carbocycles. The number of amides is 1. The van der Waals surface area contributed by atoms with Gasteiger partial charge in [-0.2, -0.15) is 0 Å². The van der Waals surface area contributed by atoms with Crippen LogP contribution in [-0.2, 0) is 16.1 Å². The van der Waals surface area contributed by atoms with Crippen molar-refractivity contribution in [2.45, 2.75) is 13.5 Å². The number of rotatable bonds is 4. The number of esters is 1. The minimum Gasteiger partial charge on any atom is -0.465 e. The topological polar surface area (TPSA) is 60.3 Å². The first-order chi connectivity index (χ1) is 12.0. The number of methoxy groups -OCH3 is 1. The van der Waals surface area contributed by atoms with Crippen molar-refractivity contribution in [1.82, 2.24) is 4.57 Å². The van der Waals surface area contributed by atoms with Gasteiger partial charge in [0.15, 0.2) is 0 Å². The van der Waals surface area contributed by atoms with Crippen molar-refractivity contribution in [3.8, 4) is 0 Å². The van der Waals surface area contributed by atoms with Crippen LogP contribution in [0.15, 0.2) is 48.7 Å². The summed E-state index contributed by atoms with van der Waals surface area (Å²) in [4.78, 5) is 24.1. The van der Waals surface area contributed by atoms with Gasteiger partial charge in [0.1, 0.15) is 6.54 Å². The summed E-state index contributed by atoms with van der Waals surface area (Å²) in [5.74, 6) is -0.583. The first-order valence-electron chi connectivity index (χ1n) is 7.72. The number of carbonyl (C=O) groups is 2. The molecule has 25 heavy (non-hydrogen) atoms. The molecule has 1 heterocycles. The van der Waals surface area contributed by atoms with Crippen LogP contribution in [0.1, 0.15) is 15.9 Å². The lowest BCUT2D eigenvalue weighted by Crippen LogP contribution is -2.18. The van der Waals surface area contributed by atoms with E-state index < -0.39 is 5.97 Å². The fraction of sp³-hybridized carbons (Fsp3) is 0.158. The second-order valence-corrected chi connectivity index (χ2v) is 6.08. The van der Waals surface area contributed by atoms with Crippen LogP contribution in [-0.4, -0.2) is 23.6 Å². The van der Waals surface area contributed by atoms with Gasteiger partial charge in [0.05, 0.1) is 12.7 Å². The van der Waals surface area contributed by atoms with E-state index in [1.807, 2.05) is 31.3 Å². The second-order valence-electron chi connectivity index (χ2n) is 5.67. The molecule has 1 aromatic heterocycles. The SMILES string of the molecule is COC(=O)c1ccc2ccn(CC(=O)Nc3cccc(Cl)c3C)c2c1. The number of halogens is 1. The summed E-state index contributed by atoms with van der Waals surface area (Å²) >= 11 is 6.08. The molecule has 0 saturated heterocycles. The highest BCUT2D eigenvalue weighted by molar-refractivity contribution is 6.31. The van der Waals surface area contributed by atoms with E-state index in [1.165, 1.54) is 7.11 Å². The zero-order valence-corrected chi connectivity index (χ0v) is 14.6. The van der Waals surface area contributed by atoms with Crippen molar-refractivity contribution in [2.24, 2.45) is 0 Å². The maximum absolute atomic E-state index is 12.4. The Balaban J connectivity index is 1.83. The standard InChI is InChI=1S/C19H17ClN2O3/c1-12-15(20)4-3-5-16(12)21-18(23)11-22-9-8-13-6-7-14(10-17(13)22)19(24)25-2/h3-10H,11H2,1-2H3,(H,21,23). The molecule has 3 rings (SSSR count). The summed E-state index contributed by atoms with van der Waals surface area (Å²) in [5, 5.41) is 4.41. The van der Waals surface area contributed by atoms with E-state index in [9.17, 15) is 9.59 Å². The number of benzene rings is 2. The number of nitrogens with zero attached hydrogens (tertiary/aromatic N) is 1. The average molecular weight is 357 g/mol. The third-order valence-corrected chi connectivity index (χ3v) is 4.46. The molecule has 0 aliphatic rings. The van der Waals surface area contributed by atoms with Crippen LogP contribution >= 0.6 is 11.6 Å². The Bertz CT molecular complexity index is 962. The van der Waals surface area contributed by atoms with Crippen LogP contribution in [0.4, 0.5) is 5.69 Å². The highest BCUT2D eigenvalue weighted by Crippen LogP contribution is 2.23. The summed E-state index contributed by atoms with van der Waals surface area (Å²) in [6.07, 6.45) is 1.82. The fourth-order valence-electron chi connectivity index (χ4n) is 2.65. The molecule has 0 fully saturated rings. The van der Waals surface area contributed by atoms with Crippen LogP contribution < -0.4 is 5.32 Å². The minimum absolute atomic E-state index is 0.125. The summed E-state index contributed by atoms with van der Waals surface area (Å²) in [7, 11) is 1.34. The lowest BCUT2D eigenvalue weighted by Gasteiger charge is -2.11. The summed E-state index contributed by atoms with van der Waals surface area (Å²) in [6, 6.07) is 12.5. The molecule has 0 atom stereocenters. The Morgan fingerprint density at radius 1 is 1.20 bits per heavy atom. The third kappa shape index (κ3) is 3.51. The van der Waals surface area contributed by atoms with Crippen LogP contribution in [0, 0.1) is 6.92 Å². The molecular formula is C19H17ClN2O3.